The topological polar surface area (TPSA) is 66.9 Å². The predicted octanol–water partition coefficient (Wildman–Crippen LogP) is 5.51. The van der Waals surface area contributed by atoms with Gasteiger partial charge in [-0.2, -0.15) is 0 Å². The number of rotatable bonds is 6. The van der Waals surface area contributed by atoms with E-state index in [-0.39, 0.29) is 5.91 Å². The van der Waals surface area contributed by atoms with Crippen LogP contribution in [0.15, 0.2) is 60.0 Å². The minimum atomic E-state index is -0.212. The molecule has 2 N–H and O–H groups in total. The summed E-state index contributed by atoms with van der Waals surface area (Å²) >= 11 is 13.8. The molecule has 0 aliphatic carbocycles. The average molecular weight is 443 g/mol. The third-order valence-corrected chi connectivity index (χ3v) is 5.65. The fourth-order valence-corrected chi connectivity index (χ4v) is 3.90. The quantitative estimate of drug-likeness (QED) is 0.386. The molecule has 146 valence electrons. The number of nitrogens with zero attached hydrogens (tertiary/aromatic N) is 2. The number of fused-ring (bicyclic) bond motifs is 1. The van der Waals surface area contributed by atoms with Gasteiger partial charge in [0.15, 0.2) is 5.82 Å². The lowest BCUT2D eigenvalue weighted by Crippen LogP contribution is -2.29. The summed E-state index contributed by atoms with van der Waals surface area (Å²) in [4.78, 5) is 22.6. The third kappa shape index (κ3) is 4.50. The zero-order valence-electron chi connectivity index (χ0n) is 15.2. The number of halogens is 2. The molecule has 4 rings (SSSR count). The van der Waals surface area contributed by atoms with E-state index in [1.54, 1.807) is 35.6 Å². The highest BCUT2D eigenvalue weighted by Crippen LogP contribution is 2.28. The molecule has 5 nitrogen and oxygen atoms in total. The van der Waals surface area contributed by atoms with Crippen molar-refractivity contribution in [3.8, 4) is 10.7 Å². The van der Waals surface area contributed by atoms with E-state index < -0.39 is 0 Å². The second-order valence-electron chi connectivity index (χ2n) is 6.20. The van der Waals surface area contributed by atoms with Gasteiger partial charge in [0.05, 0.1) is 21.0 Å². The second kappa shape index (κ2) is 8.78. The highest BCUT2D eigenvalue weighted by molar-refractivity contribution is 7.13. The normalized spacial score (nSPS) is 10.8. The van der Waals surface area contributed by atoms with E-state index in [1.165, 1.54) is 0 Å². The van der Waals surface area contributed by atoms with Gasteiger partial charge in [0.1, 0.15) is 5.82 Å². The minimum absolute atomic E-state index is 0.212. The maximum absolute atomic E-state index is 12.3. The largest absolute Gasteiger partial charge is 0.368 e. The van der Waals surface area contributed by atoms with Crippen LogP contribution in [0, 0.1) is 0 Å². The predicted molar refractivity (Wildman–Crippen MR) is 120 cm³/mol. The van der Waals surface area contributed by atoms with E-state index >= 15 is 0 Å². The van der Waals surface area contributed by atoms with Crippen LogP contribution in [0.3, 0.4) is 0 Å². The summed E-state index contributed by atoms with van der Waals surface area (Å²) in [5.41, 5.74) is 1.22. The lowest BCUT2D eigenvalue weighted by Gasteiger charge is -2.11. The number of nitrogens with one attached hydrogen (secondary N) is 2. The van der Waals surface area contributed by atoms with Gasteiger partial charge in [0.2, 0.25) is 0 Å². The van der Waals surface area contributed by atoms with Crippen molar-refractivity contribution in [2.75, 3.05) is 18.4 Å². The van der Waals surface area contributed by atoms with E-state index in [2.05, 4.69) is 20.6 Å². The Bertz CT molecular complexity index is 1160. The second-order valence-corrected chi connectivity index (χ2v) is 7.99. The van der Waals surface area contributed by atoms with E-state index in [1.807, 2.05) is 35.7 Å². The number of amides is 1. The van der Waals surface area contributed by atoms with Crippen LogP contribution >= 0.6 is 34.5 Å². The smallest absolute Gasteiger partial charge is 0.252 e. The molecule has 29 heavy (non-hydrogen) atoms. The molecule has 0 spiro atoms. The fourth-order valence-electron chi connectivity index (χ4n) is 2.85. The summed E-state index contributed by atoms with van der Waals surface area (Å²) in [6, 6.07) is 16.4. The van der Waals surface area contributed by atoms with E-state index in [9.17, 15) is 4.79 Å². The van der Waals surface area contributed by atoms with Crippen molar-refractivity contribution >= 4 is 57.2 Å². The fraction of sp³-hybridized carbons (Fsp3) is 0.0952. The van der Waals surface area contributed by atoms with Crippen molar-refractivity contribution in [1.29, 1.82) is 0 Å². The van der Waals surface area contributed by atoms with Crippen molar-refractivity contribution in [2.45, 2.75) is 0 Å². The monoisotopic (exact) mass is 442 g/mol. The molecule has 0 radical (unpaired) electrons. The summed E-state index contributed by atoms with van der Waals surface area (Å²) in [6.07, 6.45) is 0. The van der Waals surface area contributed by atoms with Crippen LogP contribution in [-0.4, -0.2) is 29.0 Å². The number of aromatic nitrogens is 2. The molecule has 2 aromatic carbocycles. The zero-order chi connectivity index (χ0) is 20.2. The number of carbonyl (C=O) groups is 1. The Kier molecular flexibility index (Phi) is 5.94. The van der Waals surface area contributed by atoms with E-state index in [0.29, 0.717) is 40.3 Å². The van der Waals surface area contributed by atoms with Gasteiger partial charge in [-0.25, -0.2) is 9.97 Å². The Hall–Kier alpha value is -2.67. The molecule has 0 aliphatic rings. The van der Waals surface area contributed by atoms with Crippen LogP contribution in [0.1, 0.15) is 10.4 Å². The minimum Gasteiger partial charge on any atom is -0.368 e. The summed E-state index contributed by atoms with van der Waals surface area (Å²) in [7, 11) is 0. The van der Waals surface area contributed by atoms with Gasteiger partial charge in [-0.15, -0.1) is 11.3 Å². The Labute approximate surface area is 181 Å². The van der Waals surface area contributed by atoms with E-state index in [0.717, 1.165) is 15.8 Å². The Balaban J connectivity index is 1.50. The van der Waals surface area contributed by atoms with Gasteiger partial charge in [0.25, 0.3) is 5.91 Å². The van der Waals surface area contributed by atoms with Crippen LogP contribution in [0.25, 0.3) is 21.6 Å². The molecule has 0 aliphatic heterocycles. The Morgan fingerprint density at radius 2 is 1.86 bits per heavy atom. The molecular formula is C21H16Cl2N4OS. The molecule has 0 unspecified atom stereocenters. The first-order valence-corrected chi connectivity index (χ1v) is 10.5. The molecule has 0 saturated carbocycles. The number of hydrogen-bond donors (Lipinski definition) is 2. The van der Waals surface area contributed by atoms with Gasteiger partial charge >= 0.3 is 0 Å². The summed E-state index contributed by atoms with van der Waals surface area (Å²) in [5.74, 6) is 1.12. The number of hydrogen-bond acceptors (Lipinski definition) is 5. The lowest BCUT2D eigenvalue weighted by molar-refractivity contribution is 0.0955. The maximum Gasteiger partial charge on any atom is 0.252 e. The van der Waals surface area contributed by atoms with Crippen molar-refractivity contribution in [3.05, 3.63) is 75.6 Å². The highest BCUT2D eigenvalue weighted by Gasteiger charge is 2.12. The molecule has 0 bridgehead atoms. The molecule has 8 heteroatoms. The highest BCUT2D eigenvalue weighted by atomic mass is 35.5. The first-order valence-electron chi connectivity index (χ1n) is 8.89. The van der Waals surface area contributed by atoms with Gasteiger partial charge in [0, 0.05) is 23.5 Å². The van der Waals surface area contributed by atoms with Crippen LogP contribution in [-0.2, 0) is 0 Å². The summed E-state index contributed by atoms with van der Waals surface area (Å²) < 4.78 is 0. The van der Waals surface area contributed by atoms with Gasteiger partial charge < -0.3 is 10.6 Å². The third-order valence-electron chi connectivity index (χ3n) is 4.22. The van der Waals surface area contributed by atoms with Gasteiger partial charge in [-0.1, -0.05) is 41.4 Å². The molecule has 1 amide bonds. The maximum atomic E-state index is 12.3. The van der Waals surface area contributed by atoms with Crippen LogP contribution < -0.4 is 10.6 Å². The molecule has 0 saturated heterocycles. The van der Waals surface area contributed by atoms with E-state index in [4.69, 9.17) is 23.2 Å². The van der Waals surface area contributed by atoms with Gasteiger partial charge in [-0.05, 0) is 41.8 Å². The standard InChI is InChI=1S/C21H16Cl2N4OS/c22-13-7-8-15-17(12-13)26-20(18-6-3-11-29-18)27-19(15)24-9-10-25-21(28)14-4-1-2-5-16(14)23/h1-8,11-12H,9-10H2,(H,25,28)(H,24,26,27). The van der Waals surface area contributed by atoms with Crippen molar-refractivity contribution in [2.24, 2.45) is 0 Å². The van der Waals surface area contributed by atoms with Gasteiger partial charge in [-0.3, -0.25) is 4.79 Å². The number of benzene rings is 2. The van der Waals surface area contributed by atoms with Crippen LogP contribution in [0.4, 0.5) is 5.82 Å². The Morgan fingerprint density at radius 3 is 2.66 bits per heavy atom. The zero-order valence-corrected chi connectivity index (χ0v) is 17.5. The van der Waals surface area contributed by atoms with Crippen molar-refractivity contribution < 1.29 is 4.79 Å². The van der Waals surface area contributed by atoms with Crippen LogP contribution in [0.5, 0.6) is 0 Å². The van der Waals surface area contributed by atoms with Crippen molar-refractivity contribution in [1.82, 2.24) is 15.3 Å². The first-order chi connectivity index (χ1) is 14.1. The van der Waals surface area contributed by atoms with Crippen molar-refractivity contribution in [3.63, 3.8) is 0 Å². The number of carbonyl (C=O) groups excluding carboxylic acids is 1. The summed E-state index contributed by atoms with van der Waals surface area (Å²) in [5, 5.41) is 10.1. The average Bonchev–Trinajstić information content (AvgIpc) is 3.25. The SMILES string of the molecule is O=C(NCCNc1nc(-c2cccs2)nc2cc(Cl)ccc12)c1ccccc1Cl. The number of anilines is 1. The van der Waals surface area contributed by atoms with Crippen LogP contribution in [0.2, 0.25) is 10.0 Å². The molecule has 4 aromatic rings. The number of thiophene rings is 1. The molecule has 0 atom stereocenters. The molecular weight excluding hydrogens is 427 g/mol. The molecule has 2 heterocycles. The lowest BCUT2D eigenvalue weighted by atomic mass is 10.2. The molecule has 0 fully saturated rings. The molecule has 2 aromatic heterocycles. The summed E-state index contributed by atoms with van der Waals surface area (Å²) in [6.45, 7) is 0.909. The first kappa shape index (κ1) is 19.6. The Morgan fingerprint density at radius 1 is 1.00 bits per heavy atom.